The first kappa shape index (κ1) is 26.0. The summed E-state index contributed by atoms with van der Waals surface area (Å²) in [6.45, 7) is -0.139. The molecule has 0 saturated heterocycles. The number of hydrogen-bond acceptors (Lipinski definition) is 8. The minimum atomic E-state index is -4.11. The van der Waals surface area contributed by atoms with Crippen molar-refractivity contribution in [2.24, 2.45) is 10.7 Å². The van der Waals surface area contributed by atoms with Crippen molar-refractivity contribution < 1.29 is 27.1 Å². The number of benzene rings is 3. The molecular formula is C26H21F2N5O5S. The van der Waals surface area contributed by atoms with Crippen LogP contribution in [0.25, 0.3) is 6.08 Å². The van der Waals surface area contributed by atoms with Gasteiger partial charge in [-0.1, -0.05) is 24.3 Å². The fourth-order valence-electron chi connectivity index (χ4n) is 4.44. The van der Waals surface area contributed by atoms with Gasteiger partial charge in [0.05, 0.1) is 4.90 Å². The molecule has 5 rings (SSSR count). The highest BCUT2D eigenvalue weighted by molar-refractivity contribution is 7.89. The van der Waals surface area contributed by atoms with E-state index in [0.717, 1.165) is 0 Å². The van der Waals surface area contributed by atoms with E-state index in [1.54, 1.807) is 30.3 Å². The van der Waals surface area contributed by atoms with Crippen molar-refractivity contribution in [1.29, 1.82) is 0 Å². The second-order valence-corrected chi connectivity index (χ2v) is 10.7. The maximum atomic E-state index is 13.7. The van der Waals surface area contributed by atoms with Crippen LogP contribution in [0.3, 0.4) is 0 Å². The number of nitrogens with zero attached hydrogens (tertiary/aromatic N) is 3. The van der Waals surface area contributed by atoms with E-state index in [0.29, 0.717) is 28.0 Å². The van der Waals surface area contributed by atoms with Crippen LogP contribution >= 0.6 is 0 Å². The van der Waals surface area contributed by atoms with Crippen molar-refractivity contribution in [3.05, 3.63) is 123 Å². The summed E-state index contributed by atoms with van der Waals surface area (Å²) in [5, 5.41) is 12.6. The molecule has 0 radical (unpaired) electrons. The number of guanidine groups is 1. The molecule has 0 amide bonds. The molecule has 2 heterocycles. The summed E-state index contributed by atoms with van der Waals surface area (Å²) in [4.78, 5) is 19.4. The van der Waals surface area contributed by atoms with Gasteiger partial charge in [-0.05, 0) is 76.9 Å². The van der Waals surface area contributed by atoms with Crippen LogP contribution in [0.2, 0.25) is 0 Å². The molecule has 3 aromatic carbocycles. The van der Waals surface area contributed by atoms with Gasteiger partial charge in [0.1, 0.15) is 23.4 Å². The molecule has 0 bridgehead atoms. The van der Waals surface area contributed by atoms with Crippen LogP contribution in [0.5, 0.6) is 5.75 Å². The molecule has 0 spiro atoms. The Kier molecular flexibility index (Phi) is 6.85. The third-order valence-corrected chi connectivity index (χ3v) is 8.03. The zero-order valence-electron chi connectivity index (χ0n) is 20.1. The van der Waals surface area contributed by atoms with Crippen molar-refractivity contribution in [3.63, 3.8) is 0 Å². The molecule has 1 atom stereocenters. The molecule has 0 saturated carbocycles. The van der Waals surface area contributed by atoms with E-state index in [1.165, 1.54) is 52.8 Å². The van der Waals surface area contributed by atoms with E-state index in [2.05, 4.69) is 15.1 Å². The molecule has 2 aliphatic rings. The van der Waals surface area contributed by atoms with Crippen LogP contribution in [0.4, 0.5) is 8.78 Å². The van der Waals surface area contributed by atoms with Gasteiger partial charge < -0.3 is 11.1 Å². The van der Waals surface area contributed by atoms with Gasteiger partial charge >= 0.3 is 0 Å². The minimum Gasteiger partial charge on any atom is -0.370 e. The van der Waals surface area contributed by atoms with Crippen LogP contribution in [-0.4, -0.2) is 36.9 Å². The standard InChI is InChI=1S/C26H21F2N5O5S/c27-19-5-1-16(2-6-19)13-18-14-32(39(36,37)22-11-9-21(10-12-22)38-33(34)35)15-23-24(30-26(29)31-25(18)23)17-3-7-20(28)8-4-17/h1-13,24H,14-15H2,(H3,29,30,31)/b18-13+. The zero-order valence-corrected chi connectivity index (χ0v) is 20.9. The van der Waals surface area contributed by atoms with Crippen molar-refractivity contribution >= 4 is 22.1 Å². The maximum absolute atomic E-state index is 13.7. The van der Waals surface area contributed by atoms with Gasteiger partial charge in [0.2, 0.25) is 10.0 Å². The summed E-state index contributed by atoms with van der Waals surface area (Å²) < 4.78 is 55.8. The molecule has 3 aromatic rings. The average molecular weight is 554 g/mol. The molecular weight excluding hydrogens is 532 g/mol. The zero-order chi connectivity index (χ0) is 27.7. The number of sulfonamides is 1. The van der Waals surface area contributed by atoms with Crippen LogP contribution in [0.15, 0.2) is 99.5 Å². The molecule has 2 aliphatic heterocycles. The number of nitrogens with one attached hydrogen (secondary N) is 1. The van der Waals surface area contributed by atoms with E-state index in [9.17, 15) is 27.3 Å². The Balaban J connectivity index is 1.59. The number of aliphatic imine (C=N–C) groups is 1. The fraction of sp³-hybridized carbons (Fsp3) is 0.115. The highest BCUT2D eigenvalue weighted by Crippen LogP contribution is 2.38. The SMILES string of the molecule is NC1=NC(c2ccc(F)cc2)C2=C(N1)/C(=C/c1ccc(F)cc1)CN(S(=O)(=O)c1ccc(O[N+](=O)[O-])cc1)C2. The summed E-state index contributed by atoms with van der Waals surface area (Å²) in [5.74, 6) is -0.881. The van der Waals surface area contributed by atoms with Crippen LogP contribution in [0.1, 0.15) is 17.2 Å². The maximum Gasteiger partial charge on any atom is 0.299 e. The summed E-state index contributed by atoms with van der Waals surface area (Å²) in [6, 6.07) is 15.5. The van der Waals surface area contributed by atoms with Crippen LogP contribution in [0, 0.1) is 21.7 Å². The topological polar surface area (TPSA) is 140 Å². The lowest BCUT2D eigenvalue weighted by molar-refractivity contribution is -0.711. The lowest BCUT2D eigenvalue weighted by atomic mass is 9.90. The smallest absolute Gasteiger partial charge is 0.299 e. The second kappa shape index (κ2) is 10.3. The molecule has 13 heteroatoms. The Hall–Kier alpha value is -4.62. The molecule has 0 aromatic heterocycles. The van der Waals surface area contributed by atoms with Gasteiger partial charge in [0.25, 0.3) is 5.09 Å². The molecule has 0 aliphatic carbocycles. The van der Waals surface area contributed by atoms with Crippen molar-refractivity contribution in [1.82, 2.24) is 9.62 Å². The normalized spacial score (nSPS) is 18.8. The molecule has 10 nitrogen and oxygen atoms in total. The summed E-state index contributed by atoms with van der Waals surface area (Å²) in [6.07, 6.45) is 1.72. The highest BCUT2D eigenvalue weighted by atomic mass is 32.2. The lowest BCUT2D eigenvalue weighted by Gasteiger charge is -2.37. The summed E-state index contributed by atoms with van der Waals surface area (Å²) >= 11 is 0. The van der Waals surface area contributed by atoms with Crippen molar-refractivity contribution in [3.8, 4) is 5.75 Å². The molecule has 0 fully saturated rings. The van der Waals surface area contributed by atoms with E-state index in [-0.39, 0.29) is 29.7 Å². The van der Waals surface area contributed by atoms with Crippen molar-refractivity contribution in [2.75, 3.05) is 13.1 Å². The highest BCUT2D eigenvalue weighted by Gasteiger charge is 2.37. The van der Waals surface area contributed by atoms with Gasteiger partial charge in [-0.25, -0.2) is 22.2 Å². The molecule has 200 valence electrons. The van der Waals surface area contributed by atoms with E-state index < -0.39 is 32.8 Å². The third kappa shape index (κ3) is 5.49. The Labute approximate surface area is 221 Å². The first-order valence-electron chi connectivity index (χ1n) is 11.6. The van der Waals surface area contributed by atoms with Crippen LogP contribution < -0.4 is 15.9 Å². The molecule has 3 N–H and O–H groups in total. The van der Waals surface area contributed by atoms with Gasteiger partial charge in [0, 0.05) is 18.8 Å². The Morgan fingerprint density at radius 2 is 1.62 bits per heavy atom. The van der Waals surface area contributed by atoms with Gasteiger partial charge in [-0.3, -0.25) is 4.84 Å². The number of nitrogens with two attached hydrogens (primary N) is 1. The first-order valence-corrected chi connectivity index (χ1v) is 13.0. The largest absolute Gasteiger partial charge is 0.370 e. The second-order valence-electron chi connectivity index (χ2n) is 8.77. The van der Waals surface area contributed by atoms with Gasteiger partial charge in [-0.15, -0.1) is 10.1 Å². The minimum absolute atomic E-state index is 0.0674. The predicted molar refractivity (Wildman–Crippen MR) is 138 cm³/mol. The van der Waals surface area contributed by atoms with Gasteiger partial charge in [0.15, 0.2) is 5.96 Å². The molecule has 1 unspecified atom stereocenters. The fourth-order valence-corrected chi connectivity index (χ4v) is 5.83. The lowest BCUT2D eigenvalue weighted by Crippen LogP contribution is -2.46. The van der Waals surface area contributed by atoms with Crippen molar-refractivity contribution in [2.45, 2.75) is 10.9 Å². The summed E-state index contributed by atoms with van der Waals surface area (Å²) in [7, 11) is -4.11. The Bertz CT molecular complexity index is 1620. The quantitative estimate of drug-likeness (QED) is 0.352. The number of hydrogen-bond donors (Lipinski definition) is 2. The van der Waals surface area contributed by atoms with Crippen LogP contribution in [-0.2, 0) is 10.0 Å². The Morgan fingerprint density at radius 1 is 1.00 bits per heavy atom. The summed E-state index contributed by atoms with van der Waals surface area (Å²) in [5.41, 5.74) is 9.02. The number of halogens is 2. The monoisotopic (exact) mass is 553 g/mol. The predicted octanol–water partition coefficient (Wildman–Crippen LogP) is 3.54. The van der Waals surface area contributed by atoms with Gasteiger partial charge in [-0.2, -0.15) is 4.31 Å². The first-order chi connectivity index (χ1) is 18.6. The third-order valence-electron chi connectivity index (χ3n) is 6.23. The van der Waals surface area contributed by atoms with E-state index in [4.69, 9.17) is 5.73 Å². The Morgan fingerprint density at radius 3 is 2.23 bits per heavy atom. The molecule has 39 heavy (non-hydrogen) atoms. The number of rotatable bonds is 6. The average Bonchev–Trinajstić information content (AvgIpc) is 2.90. The van der Waals surface area contributed by atoms with E-state index in [1.807, 2.05) is 0 Å². The van der Waals surface area contributed by atoms with E-state index >= 15 is 0 Å².